The number of carboxylic acid groups (broad SMARTS) is 1. The number of piperidine rings is 1. The lowest BCUT2D eigenvalue weighted by Gasteiger charge is -2.35. The van der Waals surface area contributed by atoms with E-state index in [9.17, 15) is 14.0 Å². The summed E-state index contributed by atoms with van der Waals surface area (Å²) in [5, 5.41) is 8.70. The fourth-order valence-electron chi connectivity index (χ4n) is 2.51. The van der Waals surface area contributed by atoms with Crippen molar-refractivity contribution in [2.75, 3.05) is 6.54 Å². The van der Waals surface area contributed by atoms with Gasteiger partial charge in [0.15, 0.2) is 0 Å². The molecule has 20 heavy (non-hydrogen) atoms. The summed E-state index contributed by atoms with van der Waals surface area (Å²) in [6, 6.07) is 3.71. The van der Waals surface area contributed by atoms with Crippen LogP contribution in [0.5, 0.6) is 0 Å². The Balaban J connectivity index is 2.25. The van der Waals surface area contributed by atoms with Gasteiger partial charge in [-0.2, -0.15) is 0 Å². The molecule has 0 spiro atoms. The molecule has 1 aliphatic heterocycles. The lowest BCUT2D eigenvalue weighted by Crippen LogP contribution is -2.44. The second-order valence-electron chi connectivity index (χ2n) is 4.85. The molecular weight excluding hydrogens is 285 g/mol. The van der Waals surface area contributed by atoms with Crippen molar-refractivity contribution in [3.05, 3.63) is 34.6 Å². The molecule has 1 aromatic carbocycles. The highest BCUT2D eigenvalue weighted by Gasteiger charge is 2.30. The predicted octanol–water partition coefficient (Wildman–Crippen LogP) is 2.95. The van der Waals surface area contributed by atoms with Gasteiger partial charge in [0.05, 0.1) is 17.0 Å². The number of carbonyl (C=O) groups is 2. The molecule has 6 heteroatoms. The number of amides is 1. The third kappa shape index (κ3) is 3.10. The van der Waals surface area contributed by atoms with E-state index in [2.05, 4.69) is 0 Å². The van der Waals surface area contributed by atoms with Gasteiger partial charge in [0.25, 0.3) is 5.91 Å². The molecule has 1 unspecified atom stereocenters. The molecule has 1 saturated heterocycles. The Bertz CT molecular complexity index is 535. The lowest BCUT2D eigenvalue weighted by atomic mass is 9.98. The quantitative estimate of drug-likeness (QED) is 0.933. The summed E-state index contributed by atoms with van der Waals surface area (Å²) in [6.45, 7) is 0.476. The smallest absolute Gasteiger partial charge is 0.305 e. The highest BCUT2D eigenvalue weighted by molar-refractivity contribution is 6.34. The van der Waals surface area contributed by atoms with Crippen LogP contribution in [0.2, 0.25) is 5.02 Å². The van der Waals surface area contributed by atoms with E-state index in [4.69, 9.17) is 16.7 Å². The summed E-state index contributed by atoms with van der Waals surface area (Å²) in [7, 11) is 0. The molecule has 0 aliphatic carbocycles. The number of carbonyl (C=O) groups excluding carboxylic acids is 1. The van der Waals surface area contributed by atoms with Crippen LogP contribution in [0.15, 0.2) is 18.2 Å². The summed E-state index contributed by atoms with van der Waals surface area (Å²) in [5.74, 6) is -2.00. The molecule has 1 fully saturated rings. The Morgan fingerprint density at radius 2 is 2.15 bits per heavy atom. The van der Waals surface area contributed by atoms with Gasteiger partial charge >= 0.3 is 5.97 Å². The molecule has 4 nitrogen and oxygen atoms in total. The van der Waals surface area contributed by atoms with Gasteiger partial charge in [-0.25, -0.2) is 4.39 Å². The van der Waals surface area contributed by atoms with Crippen molar-refractivity contribution in [1.29, 1.82) is 0 Å². The third-order valence-electron chi connectivity index (χ3n) is 3.48. The number of likely N-dealkylation sites (tertiary alicyclic amines) is 1. The Hall–Kier alpha value is -1.62. The van der Waals surface area contributed by atoms with E-state index in [1.807, 2.05) is 0 Å². The standard InChI is InChI=1S/C14H15ClFNO3/c15-13-10(5-3-6-11(13)16)14(20)17-7-2-1-4-9(17)8-12(18)19/h3,5-6,9H,1-2,4,7-8H2,(H,18,19). The molecule has 0 aromatic heterocycles. The molecule has 0 bridgehead atoms. The van der Waals surface area contributed by atoms with Crippen LogP contribution in [0, 0.1) is 5.82 Å². The van der Waals surface area contributed by atoms with Crippen LogP contribution in [0.3, 0.4) is 0 Å². The molecular formula is C14H15ClFNO3. The number of hydrogen-bond donors (Lipinski definition) is 1. The predicted molar refractivity (Wildman–Crippen MR) is 72.3 cm³/mol. The average molecular weight is 300 g/mol. The molecule has 1 heterocycles. The second-order valence-corrected chi connectivity index (χ2v) is 5.23. The van der Waals surface area contributed by atoms with E-state index >= 15 is 0 Å². The first-order valence-corrected chi connectivity index (χ1v) is 6.85. The number of nitrogens with zero attached hydrogens (tertiary/aromatic N) is 1. The average Bonchev–Trinajstić information content (AvgIpc) is 2.41. The van der Waals surface area contributed by atoms with Crippen LogP contribution in [0.4, 0.5) is 4.39 Å². The minimum absolute atomic E-state index is 0.0870. The molecule has 1 atom stereocenters. The zero-order valence-corrected chi connectivity index (χ0v) is 11.6. The third-order valence-corrected chi connectivity index (χ3v) is 3.86. The molecule has 108 valence electrons. The summed E-state index contributed by atoms with van der Waals surface area (Å²) in [5.41, 5.74) is 0.0870. The van der Waals surface area contributed by atoms with Gasteiger partial charge in [-0.3, -0.25) is 9.59 Å². The summed E-state index contributed by atoms with van der Waals surface area (Å²) >= 11 is 5.82. The van der Waals surface area contributed by atoms with E-state index < -0.39 is 17.7 Å². The molecule has 2 rings (SSSR count). The fourth-order valence-corrected chi connectivity index (χ4v) is 2.71. The van der Waals surface area contributed by atoms with Crippen LogP contribution in [-0.2, 0) is 4.79 Å². The van der Waals surface area contributed by atoms with Crippen LogP contribution >= 0.6 is 11.6 Å². The maximum absolute atomic E-state index is 13.4. The van der Waals surface area contributed by atoms with Crippen molar-refractivity contribution >= 4 is 23.5 Å². The van der Waals surface area contributed by atoms with E-state index in [0.717, 1.165) is 12.8 Å². The van der Waals surface area contributed by atoms with Crippen molar-refractivity contribution < 1.29 is 19.1 Å². The van der Waals surface area contributed by atoms with Crippen LogP contribution in [0.25, 0.3) is 0 Å². The molecule has 0 radical (unpaired) electrons. The van der Waals surface area contributed by atoms with Crippen molar-refractivity contribution in [1.82, 2.24) is 4.90 Å². The van der Waals surface area contributed by atoms with Gasteiger partial charge < -0.3 is 10.0 Å². The Kier molecular flexibility index (Phi) is 4.60. The fraction of sp³-hybridized carbons (Fsp3) is 0.429. The number of aliphatic carboxylic acids is 1. The highest BCUT2D eigenvalue weighted by atomic mass is 35.5. The van der Waals surface area contributed by atoms with Crippen molar-refractivity contribution in [3.63, 3.8) is 0 Å². The zero-order valence-electron chi connectivity index (χ0n) is 10.8. The SMILES string of the molecule is O=C(O)CC1CCCCN1C(=O)c1cccc(F)c1Cl. The van der Waals surface area contributed by atoms with Gasteiger partial charge in [0, 0.05) is 12.6 Å². The van der Waals surface area contributed by atoms with Gasteiger partial charge in [0.1, 0.15) is 5.82 Å². The first kappa shape index (κ1) is 14.8. The summed E-state index contributed by atoms with van der Waals surface area (Å²) in [4.78, 5) is 24.8. The molecule has 1 aliphatic rings. The Labute approximate surface area is 121 Å². The lowest BCUT2D eigenvalue weighted by molar-refractivity contribution is -0.138. The molecule has 1 aromatic rings. The Morgan fingerprint density at radius 1 is 1.40 bits per heavy atom. The number of halogens is 2. The zero-order chi connectivity index (χ0) is 14.7. The monoisotopic (exact) mass is 299 g/mol. The van der Waals surface area contributed by atoms with E-state index in [-0.39, 0.29) is 23.0 Å². The van der Waals surface area contributed by atoms with Gasteiger partial charge in [-0.1, -0.05) is 17.7 Å². The minimum atomic E-state index is -0.944. The van der Waals surface area contributed by atoms with Crippen molar-refractivity contribution in [2.45, 2.75) is 31.7 Å². The van der Waals surface area contributed by atoms with E-state index in [1.165, 1.54) is 23.1 Å². The van der Waals surface area contributed by atoms with Crippen LogP contribution < -0.4 is 0 Å². The summed E-state index contributed by atoms with van der Waals surface area (Å²) < 4.78 is 13.4. The number of benzene rings is 1. The minimum Gasteiger partial charge on any atom is -0.481 e. The maximum Gasteiger partial charge on any atom is 0.305 e. The van der Waals surface area contributed by atoms with E-state index in [0.29, 0.717) is 13.0 Å². The largest absolute Gasteiger partial charge is 0.481 e. The topological polar surface area (TPSA) is 57.6 Å². The van der Waals surface area contributed by atoms with Gasteiger partial charge in [-0.05, 0) is 31.4 Å². The first-order chi connectivity index (χ1) is 9.50. The van der Waals surface area contributed by atoms with Crippen molar-refractivity contribution in [2.24, 2.45) is 0 Å². The van der Waals surface area contributed by atoms with Crippen molar-refractivity contribution in [3.8, 4) is 0 Å². The van der Waals surface area contributed by atoms with Gasteiger partial charge in [0.2, 0.25) is 0 Å². The maximum atomic E-state index is 13.4. The molecule has 0 saturated carbocycles. The normalized spacial score (nSPS) is 18.9. The molecule has 1 N–H and O–H groups in total. The number of hydrogen-bond acceptors (Lipinski definition) is 2. The molecule has 1 amide bonds. The second kappa shape index (κ2) is 6.22. The number of carboxylic acids is 1. The first-order valence-electron chi connectivity index (χ1n) is 6.47. The summed E-state index contributed by atoms with van der Waals surface area (Å²) in [6.07, 6.45) is 2.25. The Morgan fingerprint density at radius 3 is 2.85 bits per heavy atom. The van der Waals surface area contributed by atoms with E-state index in [1.54, 1.807) is 0 Å². The number of rotatable bonds is 3. The van der Waals surface area contributed by atoms with Gasteiger partial charge in [-0.15, -0.1) is 0 Å². The van der Waals surface area contributed by atoms with Crippen LogP contribution in [-0.4, -0.2) is 34.5 Å². The van der Waals surface area contributed by atoms with Crippen LogP contribution in [0.1, 0.15) is 36.0 Å². The highest BCUT2D eigenvalue weighted by Crippen LogP contribution is 2.26.